The number of carbonyl (C=O) groups is 1. The molecule has 0 aromatic carbocycles. The van der Waals surface area contributed by atoms with Gasteiger partial charge >= 0.3 is 0 Å². The van der Waals surface area contributed by atoms with Crippen LogP contribution in [-0.4, -0.2) is 21.7 Å². The quantitative estimate of drug-likeness (QED) is 0.895. The Labute approximate surface area is 126 Å². The summed E-state index contributed by atoms with van der Waals surface area (Å²) < 4.78 is 1.76. The lowest BCUT2D eigenvalue weighted by atomic mass is 9.65. The number of fused-ring (bicyclic) bond motifs is 2. The number of nitrogens with one attached hydrogen (secondary N) is 1. The van der Waals surface area contributed by atoms with Crippen LogP contribution in [0, 0.1) is 17.8 Å². The Morgan fingerprint density at radius 2 is 2.10 bits per heavy atom. The van der Waals surface area contributed by atoms with Gasteiger partial charge in [-0.15, -0.1) is 0 Å². The molecule has 1 aromatic rings. The van der Waals surface area contributed by atoms with E-state index in [1.54, 1.807) is 4.68 Å². The number of amides is 1. The van der Waals surface area contributed by atoms with E-state index in [4.69, 9.17) is 5.73 Å². The Morgan fingerprint density at radius 1 is 1.43 bits per heavy atom. The molecular formula is C16H26N4O. The molecule has 2 bridgehead atoms. The lowest BCUT2D eigenvalue weighted by Crippen LogP contribution is -2.48. The van der Waals surface area contributed by atoms with Crippen LogP contribution < -0.4 is 11.1 Å². The van der Waals surface area contributed by atoms with E-state index in [-0.39, 0.29) is 11.8 Å². The number of rotatable bonds is 3. The Morgan fingerprint density at radius 3 is 2.67 bits per heavy atom. The zero-order valence-electron chi connectivity index (χ0n) is 13.0. The summed E-state index contributed by atoms with van der Waals surface area (Å²) in [6, 6.07) is 2.28. The Hall–Kier alpha value is -1.36. The van der Waals surface area contributed by atoms with Crippen molar-refractivity contribution in [1.82, 2.24) is 9.78 Å². The smallest absolute Gasteiger partial charge is 0.228 e. The van der Waals surface area contributed by atoms with Crippen molar-refractivity contribution in [2.24, 2.45) is 30.5 Å². The van der Waals surface area contributed by atoms with Gasteiger partial charge in [0.15, 0.2) is 0 Å². The van der Waals surface area contributed by atoms with Gasteiger partial charge in [-0.1, -0.05) is 13.3 Å². The molecular weight excluding hydrogens is 264 g/mol. The van der Waals surface area contributed by atoms with Crippen molar-refractivity contribution in [1.29, 1.82) is 0 Å². The standard InChI is InChI=1S/C16H26N4O/c1-3-13-9-14(20(2)19-13)18-16(21)12-7-10-5-4-6-11(8-12)15(10)17/h9-12,15H,3-8,17H2,1-2H3,(H,18,21). The van der Waals surface area contributed by atoms with Gasteiger partial charge in [-0.2, -0.15) is 5.10 Å². The van der Waals surface area contributed by atoms with E-state index >= 15 is 0 Å². The molecule has 5 heteroatoms. The molecule has 5 nitrogen and oxygen atoms in total. The van der Waals surface area contributed by atoms with E-state index in [1.807, 2.05) is 13.1 Å². The van der Waals surface area contributed by atoms with Gasteiger partial charge in [-0.25, -0.2) is 0 Å². The van der Waals surface area contributed by atoms with Crippen LogP contribution in [0.3, 0.4) is 0 Å². The minimum Gasteiger partial charge on any atom is -0.327 e. The second-order valence-electron chi connectivity index (χ2n) is 6.68. The topological polar surface area (TPSA) is 72.9 Å². The van der Waals surface area contributed by atoms with E-state index in [9.17, 15) is 4.79 Å². The molecule has 0 spiro atoms. The number of hydrogen-bond donors (Lipinski definition) is 2. The molecule has 2 fully saturated rings. The molecule has 2 atom stereocenters. The van der Waals surface area contributed by atoms with Crippen molar-refractivity contribution < 1.29 is 4.79 Å². The minimum atomic E-state index is 0.111. The molecule has 116 valence electrons. The highest BCUT2D eigenvalue weighted by atomic mass is 16.2. The van der Waals surface area contributed by atoms with Gasteiger partial charge in [0.1, 0.15) is 5.82 Å². The zero-order valence-corrected chi connectivity index (χ0v) is 13.0. The molecule has 1 amide bonds. The van der Waals surface area contributed by atoms with Crippen molar-refractivity contribution >= 4 is 11.7 Å². The first-order valence-corrected chi connectivity index (χ1v) is 8.17. The van der Waals surface area contributed by atoms with Gasteiger partial charge in [-0.3, -0.25) is 9.48 Å². The maximum atomic E-state index is 12.6. The maximum Gasteiger partial charge on any atom is 0.228 e. The predicted octanol–water partition coefficient (Wildman–Crippen LogP) is 2.07. The zero-order chi connectivity index (χ0) is 15.0. The summed E-state index contributed by atoms with van der Waals surface area (Å²) in [6.07, 6.45) is 6.43. The summed E-state index contributed by atoms with van der Waals surface area (Å²) >= 11 is 0. The van der Waals surface area contributed by atoms with Crippen molar-refractivity contribution in [3.8, 4) is 0 Å². The highest BCUT2D eigenvalue weighted by Crippen LogP contribution is 2.42. The highest BCUT2D eigenvalue weighted by Gasteiger charge is 2.40. The number of anilines is 1. The molecule has 1 heterocycles. The first-order chi connectivity index (χ1) is 10.1. The van der Waals surface area contributed by atoms with E-state index in [1.165, 1.54) is 19.3 Å². The third-order valence-corrected chi connectivity index (χ3v) is 5.33. The highest BCUT2D eigenvalue weighted by molar-refractivity contribution is 5.91. The van der Waals surface area contributed by atoms with Crippen molar-refractivity contribution in [2.45, 2.75) is 51.5 Å². The number of hydrogen-bond acceptors (Lipinski definition) is 3. The fraction of sp³-hybridized carbons (Fsp3) is 0.750. The van der Waals surface area contributed by atoms with Crippen molar-refractivity contribution in [3.05, 3.63) is 11.8 Å². The fourth-order valence-electron chi connectivity index (χ4n) is 4.05. The van der Waals surface area contributed by atoms with E-state index in [0.29, 0.717) is 17.9 Å². The van der Waals surface area contributed by atoms with E-state index < -0.39 is 0 Å². The Kier molecular flexibility index (Phi) is 4.02. The van der Waals surface area contributed by atoms with Gasteiger partial charge in [-0.05, 0) is 43.9 Å². The molecule has 0 aliphatic heterocycles. The van der Waals surface area contributed by atoms with Crippen molar-refractivity contribution in [3.63, 3.8) is 0 Å². The Bertz CT molecular complexity index is 510. The normalized spacial score (nSPS) is 32.0. The van der Waals surface area contributed by atoms with Crippen LogP contribution in [0.2, 0.25) is 0 Å². The lowest BCUT2D eigenvalue weighted by molar-refractivity contribution is -0.122. The Balaban J connectivity index is 1.67. The molecule has 2 aliphatic rings. The maximum absolute atomic E-state index is 12.6. The molecule has 0 saturated heterocycles. The molecule has 3 rings (SSSR count). The van der Waals surface area contributed by atoms with Crippen LogP contribution in [-0.2, 0) is 18.3 Å². The van der Waals surface area contributed by atoms with Gasteiger partial charge in [0.25, 0.3) is 0 Å². The number of aryl methyl sites for hydroxylation is 2. The number of nitrogens with two attached hydrogens (primary N) is 1. The first kappa shape index (κ1) is 14.6. The summed E-state index contributed by atoms with van der Waals surface area (Å²) in [7, 11) is 1.88. The molecule has 0 radical (unpaired) electrons. The number of aromatic nitrogens is 2. The molecule has 2 aliphatic carbocycles. The van der Waals surface area contributed by atoms with Gasteiger partial charge in [0.2, 0.25) is 5.91 Å². The van der Waals surface area contributed by atoms with Crippen LogP contribution >= 0.6 is 0 Å². The summed E-state index contributed by atoms with van der Waals surface area (Å²) in [4.78, 5) is 12.6. The second kappa shape index (κ2) is 5.79. The molecule has 2 unspecified atom stereocenters. The molecule has 1 aromatic heterocycles. The van der Waals surface area contributed by atoms with E-state index in [2.05, 4.69) is 17.3 Å². The summed E-state index contributed by atoms with van der Waals surface area (Å²) in [5.74, 6) is 2.12. The van der Waals surface area contributed by atoms with Crippen LogP contribution in [0.4, 0.5) is 5.82 Å². The molecule has 3 N–H and O–H groups in total. The minimum absolute atomic E-state index is 0.111. The average molecular weight is 290 g/mol. The van der Waals surface area contributed by atoms with Crippen LogP contribution in [0.1, 0.15) is 44.7 Å². The van der Waals surface area contributed by atoms with Crippen LogP contribution in [0.5, 0.6) is 0 Å². The fourth-order valence-corrected chi connectivity index (χ4v) is 4.05. The molecule has 2 saturated carbocycles. The number of nitrogens with zero attached hydrogens (tertiary/aromatic N) is 2. The second-order valence-corrected chi connectivity index (χ2v) is 6.68. The predicted molar refractivity (Wildman–Crippen MR) is 82.7 cm³/mol. The monoisotopic (exact) mass is 290 g/mol. The summed E-state index contributed by atoms with van der Waals surface area (Å²) in [6.45, 7) is 2.07. The summed E-state index contributed by atoms with van der Waals surface area (Å²) in [5.41, 5.74) is 7.31. The third-order valence-electron chi connectivity index (χ3n) is 5.33. The van der Waals surface area contributed by atoms with Gasteiger partial charge < -0.3 is 11.1 Å². The largest absolute Gasteiger partial charge is 0.327 e. The van der Waals surface area contributed by atoms with Crippen LogP contribution in [0.15, 0.2) is 6.07 Å². The summed E-state index contributed by atoms with van der Waals surface area (Å²) in [5, 5.41) is 7.44. The van der Waals surface area contributed by atoms with Gasteiger partial charge in [0, 0.05) is 25.1 Å². The van der Waals surface area contributed by atoms with Crippen LogP contribution in [0.25, 0.3) is 0 Å². The SMILES string of the molecule is CCc1cc(NC(=O)C2CC3CCCC(C2)C3N)n(C)n1. The molecule has 21 heavy (non-hydrogen) atoms. The third kappa shape index (κ3) is 2.84. The first-order valence-electron chi connectivity index (χ1n) is 8.17. The van der Waals surface area contributed by atoms with E-state index in [0.717, 1.165) is 30.8 Å². The number of carbonyl (C=O) groups excluding carboxylic acids is 1. The lowest BCUT2D eigenvalue weighted by Gasteiger charge is -2.43. The van der Waals surface area contributed by atoms with Gasteiger partial charge in [0.05, 0.1) is 5.69 Å². The average Bonchev–Trinajstić information content (AvgIpc) is 2.79. The van der Waals surface area contributed by atoms with Crippen molar-refractivity contribution in [2.75, 3.05) is 5.32 Å².